The molecule has 2 N–H and O–H groups in total. The Bertz CT molecular complexity index is 504. The SMILES string of the molecule is CCS(=O)(=O)C1CSCCN1C(=O)NC(C)(C)CC(=O)O. The summed E-state index contributed by atoms with van der Waals surface area (Å²) in [6.45, 7) is 5.09. The summed E-state index contributed by atoms with van der Waals surface area (Å²) in [6.07, 6.45) is -0.230. The minimum Gasteiger partial charge on any atom is -0.481 e. The first-order chi connectivity index (χ1) is 9.59. The van der Waals surface area contributed by atoms with E-state index < -0.39 is 32.8 Å². The zero-order valence-corrected chi connectivity index (χ0v) is 14.1. The number of aliphatic carboxylic acids is 1. The summed E-state index contributed by atoms with van der Waals surface area (Å²) in [4.78, 5) is 24.4. The van der Waals surface area contributed by atoms with Gasteiger partial charge in [-0.15, -0.1) is 0 Å². The average Bonchev–Trinajstić information content (AvgIpc) is 2.36. The molecule has 0 aromatic heterocycles. The second kappa shape index (κ2) is 6.87. The number of carbonyl (C=O) groups excluding carboxylic acids is 1. The Morgan fingerprint density at radius 2 is 2.05 bits per heavy atom. The van der Waals surface area contributed by atoms with Gasteiger partial charge < -0.3 is 15.3 Å². The maximum atomic E-state index is 12.3. The number of nitrogens with zero attached hydrogens (tertiary/aromatic N) is 1. The number of hydrogen-bond acceptors (Lipinski definition) is 5. The van der Waals surface area contributed by atoms with Crippen molar-refractivity contribution in [1.82, 2.24) is 10.2 Å². The minimum absolute atomic E-state index is 0.0273. The molecule has 1 fully saturated rings. The first-order valence-corrected chi connectivity index (χ1v) is 9.56. The fourth-order valence-electron chi connectivity index (χ4n) is 2.09. The van der Waals surface area contributed by atoms with Gasteiger partial charge in [0.15, 0.2) is 9.84 Å². The van der Waals surface area contributed by atoms with Crippen LogP contribution in [0.2, 0.25) is 0 Å². The lowest BCUT2D eigenvalue weighted by Crippen LogP contribution is -2.58. The molecule has 21 heavy (non-hydrogen) atoms. The smallest absolute Gasteiger partial charge is 0.318 e. The van der Waals surface area contributed by atoms with E-state index in [0.29, 0.717) is 18.1 Å². The van der Waals surface area contributed by atoms with E-state index in [0.717, 1.165) is 0 Å². The van der Waals surface area contributed by atoms with E-state index in [1.807, 2.05) is 0 Å². The van der Waals surface area contributed by atoms with Crippen LogP contribution in [0, 0.1) is 0 Å². The summed E-state index contributed by atoms with van der Waals surface area (Å²) in [5.74, 6) is -0.0290. The van der Waals surface area contributed by atoms with Gasteiger partial charge in [0.1, 0.15) is 5.37 Å². The highest BCUT2D eigenvalue weighted by Crippen LogP contribution is 2.22. The average molecular weight is 338 g/mol. The molecule has 1 atom stereocenters. The number of hydrogen-bond donors (Lipinski definition) is 2. The van der Waals surface area contributed by atoms with E-state index in [-0.39, 0.29) is 12.2 Å². The fourth-order valence-corrected chi connectivity index (χ4v) is 5.05. The lowest BCUT2D eigenvalue weighted by Gasteiger charge is -2.37. The van der Waals surface area contributed by atoms with Crippen LogP contribution in [0.1, 0.15) is 27.2 Å². The molecule has 0 spiro atoms. The number of amides is 2. The largest absolute Gasteiger partial charge is 0.481 e. The van der Waals surface area contributed by atoms with Crippen LogP contribution in [0.5, 0.6) is 0 Å². The van der Waals surface area contributed by atoms with Gasteiger partial charge in [0, 0.05) is 29.3 Å². The quantitative estimate of drug-likeness (QED) is 0.767. The van der Waals surface area contributed by atoms with Crippen molar-refractivity contribution >= 4 is 33.6 Å². The molecule has 0 radical (unpaired) electrons. The molecule has 0 aromatic rings. The number of rotatable bonds is 5. The Balaban J connectivity index is 2.85. The van der Waals surface area contributed by atoms with E-state index in [1.54, 1.807) is 20.8 Å². The van der Waals surface area contributed by atoms with E-state index in [4.69, 9.17) is 5.11 Å². The zero-order valence-electron chi connectivity index (χ0n) is 12.5. The molecule has 1 unspecified atom stereocenters. The third-order valence-electron chi connectivity index (χ3n) is 3.20. The monoisotopic (exact) mass is 338 g/mol. The Hall–Kier alpha value is -0.960. The number of carbonyl (C=O) groups is 2. The van der Waals surface area contributed by atoms with Crippen molar-refractivity contribution < 1.29 is 23.1 Å². The molecule has 0 aliphatic carbocycles. The van der Waals surface area contributed by atoms with E-state index in [9.17, 15) is 18.0 Å². The second-order valence-electron chi connectivity index (χ2n) is 5.56. The molecule has 1 saturated heterocycles. The predicted molar refractivity (Wildman–Crippen MR) is 82.1 cm³/mol. The highest BCUT2D eigenvalue weighted by Gasteiger charge is 2.37. The summed E-state index contributed by atoms with van der Waals surface area (Å²) in [5.41, 5.74) is -0.936. The van der Waals surface area contributed by atoms with Crippen molar-refractivity contribution in [1.29, 1.82) is 0 Å². The number of sulfone groups is 1. The van der Waals surface area contributed by atoms with Gasteiger partial charge in [-0.3, -0.25) is 4.79 Å². The molecule has 122 valence electrons. The number of carboxylic acids is 1. The van der Waals surface area contributed by atoms with Crippen molar-refractivity contribution in [3.8, 4) is 0 Å². The zero-order chi connectivity index (χ0) is 16.3. The number of urea groups is 1. The predicted octanol–water partition coefficient (Wildman–Crippen LogP) is 0.759. The van der Waals surface area contributed by atoms with Crippen molar-refractivity contribution in [3.63, 3.8) is 0 Å². The van der Waals surface area contributed by atoms with Gasteiger partial charge in [-0.2, -0.15) is 11.8 Å². The van der Waals surface area contributed by atoms with Crippen LogP contribution in [0.3, 0.4) is 0 Å². The van der Waals surface area contributed by atoms with E-state index >= 15 is 0 Å². The fraction of sp³-hybridized carbons (Fsp3) is 0.833. The lowest BCUT2D eigenvalue weighted by molar-refractivity contribution is -0.138. The first kappa shape index (κ1) is 18.1. The highest BCUT2D eigenvalue weighted by molar-refractivity contribution is 8.01. The van der Waals surface area contributed by atoms with Gasteiger partial charge in [0.25, 0.3) is 0 Å². The summed E-state index contributed by atoms with van der Waals surface area (Å²) in [5, 5.41) is 10.6. The summed E-state index contributed by atoms with van der Waals surface area (Å²) < 4.78 is 24.2. The van der Waals surface area contributed by atoms with Gasteiger partial charge in [-0.25, -0.2) is 13.2 Å². The lowest BCUT2D eigenvalue weighted by atomic mass is 10.0. The van der Waals surface area contributed by atoms with Crippen molar-refractivity contribution in [2.24, 2.45) is 0 Å². The van der Waals surface area contributed by atoms with Gasteiger partial charge >= 0.3 is 12.0 Å². The Morgan fingerprint density at radius 1 is 1.43 bits per heavy atom. The van der Waals surface area contributed by atoms with Crippen LogP contribution in [-0.4, -0.2) is 65.1 Å². The summed E-state index contributed by atoms with van der Waals surface area (Å²) in [7, 11) is -3.37. The van der Waals surface area contributed by atoms with Crippen LogP contribution < -0.4 is 5.32 Å². The molecular formula is C12H22N2O5S2. The van der Waals surface area contributed by atoms with Gasteiger partial charge in [-0.1, -0.05) is 6.92 Å². The van der Waals surface area contributed by atoms with Gasteiger partial charge in [-0.05, 0) is 13.8 Å². The highest BCUT2D eigenvalue weighted by atomic mass is 32.2. The number of carboxylic acid groups (broad SMARTS) is 1. The standard InChI is InChI=1S/C12H22N2O5S2/c1-4-21(18,19)9-8-20-6-5-14(9)11(17)13-12(2,3)7-10(15)16/h9H,4-8H2,1-3H3,(H,13,17)(H,15,16). The second-order valence-corrected chi connectivity index (χ2v) is 9.16. The molecule has 1 heterocycles. The minimum atomic E-state index is -3.37. The van der Waals surface area contributed by atoms with Crippen LogP contribution in [-0.2, 0) is 14.6 Å². The Kier molecular flexibility index (Phi) is 5.92. The molecule has 9 heteroatoms. The molecule has 7 nitrogen and oxygen atoms in total. The molecule has 0 aromatic carbocycles. The topological polar surface area (TPSA) is 104 Å². The first-order valence-electron chi connectivity index (χ1n) is 6.69. The van der Waals surface area contributed by atoms with Crippen molar-refractivity contribution in [2.75, 3.05) is 23.8 Å². The summed E-state index contributed by atoms with van der Waals surface area (Å²) >= 11 is 1.50. The molecule has 1 rings (SSSR count). The number of thioether (sulfide) groups is 1. The van der Waals surface area contributed by atoms with Gasteiger partial charge in [0.2, 0.25) is 0 Å². The van der Waals surface area contributed by atoms with Gasteiger partial charge in [0.05, 0.1) is 6.42 Å². The molecule has 1 aliphatic heterocycles. The molecular weight excluding hydrogens is 316 g/mol. The molecule has 0 saturated carbocycles. The van der Waals surface area contributed by atoms with Crippen molar-refractivity contribution in [3.05, 3.63) is 0 Å². The Labute approximate surface area is 129 Å². The third kappa shape index (κ3) is 5.06. The normalized spacial score (nSPS) is 20.1. The van der Waals surface area contributed by atoms with Crippen molar-refractivity contribution in [2.45, 2.75) is 38.1 Å². The van der Waals surface area contributed by atoms with Crippen LogP contribution >= 0.6 is 11.8 Å². The van der Waals surface area contributed by atoms with Crippen LogP contribution in [0.4, 0.5) is 4.79 Å². The molecule has 0 bridgehead atoms. The van der Waals surface area contributed by atoms with Crippen LogP contribution in [0.15, 0.2) is 0 Å². The molecule has 2 amide bonds. The Morgan fingerprint density at radius 3 is 2.57 bits per heavy atom. The van der Waals surface area contributed by atoms with E-state index in [2.05, 4.69) is 5.32 Å². The number of nitrogens with one attached hydrogen (secondary N) is 1. The maximum Gasteiger partial charge on any atom is 0.318 e. The molecule has 1 aliphatic rings. The third-order valence-corrected chi connectivity index (χ3v) is 6.49. The van der Waals surface area contributed by atoms with Crippen LogP contribution in [0.25, 0.3) is 0 Å². The summed E-state index contributed by atoms with van der Waals surface area (Å²) in [6, 6.07) is -0.524. The van der Waals surface area contributed by atoms with E-state index in [1.165, 1.54) is 16.7 Å². The maximum absolute atomic E-state index is 12.3.